The molecule has 0 aliphatic rings. The number of rotatable bonds is 14. The van der Waals surface area contributed by atoms with Crippen molar-refractivity contribution in [2.45, 2.75) is 32.7 Å². The topological polar surface area (TPSA) is 86.3 Å². The number of carbonyl (C=O) groups excluding carboxylic acids is 1. The number of methoxy groups -OCH3 is 2. The van der Waals surface area contributed by atoms with Crippen molar-refractivity contribution in [2.24, 2.45) is 0 Å². The lowest BCUT2D eigenvalue weighted by molar-refractivity contribution is -0.120. The van der Waals surface area contributed by atoms with E-state index in [4.69, 9.17) is 21.7 Å². The summed E-state index contributed by atoms with van der Waals surface area (Å²) in [6.45, 7) is -1.74. The molecule has 1 amide bonds. The van der Waals surface area contributed by atoms with E-state index in [0.717, 1.165) is 11.1 Å². The second-order valence-electron chi connectivity index (χ2n) is 9.01. The van der Waals surface area contributed by atoms with Crippen molar-refractivity contribution in [1.82, 2.24) is 5.32 Å². The molecule has 0 fully saturated rings. The van der Waals surface area contributed by atoms with Crippen LogP contribution in [0.5, 0.6) is 23.0 Å². The van der Waals surface area contributed by atoms with Gasteiger partial charge in [0, 0.05) is 14.8 Å². The lowest BCUT2D eigenvalue weighted by Gasteiger charge is -2.17. The van der Waals surface area contributed by atoms with Gasteiger partial charge in [0.05, 0.1) is 27.2 Å². The molecular formula is C33H35NO6. The highest BCUT2D eigenvalue weighted by atomic mass is 16.5. The summed E-state index contributed by atoms with van der Waals surface area (Å²) in [6.07, 6.45) is -0.239. The van der Waals surface area contributed by atoms with E-state index in [1.54, 1.807) is 30.3 Å². The van der Waals surface area contributed by atoms with E-state index in [-0.39, 0.29) is 19.4 Å². The fraction of sp³-hybridized carbons (Fsp3) is 0.242. The maximum atomic E-state index is 12.9. The first kappa shape index (κ1) is 25.8. The lowest BCUT2D eigenvalue weighted by Crippen LogP contribution is -2.27. The predicted octanol–water partition coefficient (Wildman–Crippen LogP) is 5.26. The molecule has 4 rings (SSSR count). The summed E-state index contributed by atoms with van der Waals surface area (Å²) in [6, 6.07) is 27.9. The number of nitrogens with one attached hydrogen (secondary N) is 1. The number of carbonyl (C=O) groups is 1. The molecule has 2 N–H and O–H groups in total. The number of hydrogen-bond acceptors (Lipinski definition) is 6. The van der Waals surface area contributed by atoms with Crippen molar-refractivity contribution in [1.29, 1.82) is 0 Å². The Morgan fingerprint density at radius 2 is 1.40 bits per heavy atom. The van der Waals surface area contributed by atoms with Gasteiger partial charge < -0.3 is 29.4 Å². The fourth-order valence-electron chi connectivity index (χ4n) is 4.20. The third-order valence-electron chi connectivity index (χ3n) is 6.26. The number of aryl methyl sites for hydroxylation is 1. The number of aliphatic hydroxyl groups is 1. The zero-order chi connectivity index (χ0) is 30.0. The molecule has 0 saturated carbocycles. The molecule has 7 nitrogen and oxygen atoms in total. The average Bonchev–Trinajstić information content (AvgIpc) is 2.99. The minimum atomic E-state index is -2.04. The van der Waals surface area contributed by atoms with Crippen molar-refractivity contribution < 1.29 is 31.6 Å². The van der Waals surface area contributed by atoms with Crippen LogP contribution in [0.2, 0.25) is 0 Å². The summed E-state index contributed by atoms with van der Waals surface area (Å²) >= 11 is 0. The Balaban J connectivity index is 1.39. The second kappa shape index (κ2) is 14.6. The van der Waals surface area contributed by atoms with Gasteiger partial charge in [0.15, 0.2) is 23.0 Å². The Morgan fingerprint density at radius 3 is 2.00 bits per heavy atom. The van der Waals surface area contributed by atoms with Gasteiger partial charge in [-0.05, 0) is 46.9 Å². The van der Waals surface area contributed by atoms with Gasteiger partial charge in [0.2, 0.25) is 5.91 Å². The predicted molar refractivity (Wildman–Crippen MR) is 154 cm³/mol. The van der Waals surface area contributed by atoms with E-state index in [1.165, 1.54) is 14.2 Å². The van der Waals surface area contributed by atoms with Crippen molar-refractivity contribution >= 4 is 5.91 Å². The number of amides is 1. The first-order valence-electron chi connectivity index (χ1n) is 13.9. The molecule has 0 aromatic heterocycles. The summed E-state index contributed by atoms with van der Waals surface area (Å²) in [7, 11) is 2.99. The molecule has 0 spiro atoms. The number of hydrogen-bond donors (Lipinski definition) is 2. The van der Waals surface area contributed by atoms with E-state index >= 15 is 0 Å². The Bertz CT molecular complexity index is 1460. The maximum absolute atomic E-state index is 12.9. The van der Waals surface area contributed by atoms with Crippen molar-refractivity contribution in [3.63, 3.8) is 0 Å². The highest BCUT2D eigenvalue weighted by Crippen LogP contribution is 2.35. The van der Waals surface area contributed by atoms with E-state index in [9.17, 15) is 9.90 Å². The molecule has 0 aliphatic carbocycles. The van der Waals surface area contributed by atoms with Crippen LogP contribution >= 0.6 is 0 Å². The molecule has 7 heteroatoms. The van der Waals surface area contributed by atoms with E-state index < -0.39 is 12.4 Å². The minimum absolute atomic E-state index is 0.0868. The molecule has 0 heterocycles. The molecule has 208 valence electrons. The zero-order valence-electron chi connectivity index (χ0n) is 24.7. The molecule has 0 bridgehead atoms. The Morgan fingerprint density at radius 1 is 0.775 bits per heavy atom. The molecule has 0 aliphatic heterocycles. The second-order valence-corrected chi connectivity index (χ2v) is 9.01. The van der Waals surface area contributed by atoms with Crippen LogP contribution in [0, 0.1) is 0 Å². The van der Waals surface area contributed by atoms with Crippen LogP contribution in [-0.2, 0) is 37.5 Å². The van der Waals surface area contributed by atoms with Crippen LogP contribution in [0.1, 0.15) is 30.6 Å². The highest BCUT2D eigenvalue weighted by Gasteiger charge is 2.17. The smallest absolute Gasteiger partial charge is 0.224 e. The molecule has 0 atom stereocenters. The lowest BCUT2D eigenvalue weighted by atomic mass is 10.0. The Labute approximate surface area is 238 Å². The van der Waals surface area contributed by atoms with E-state index in [0.29, 0.717) is 52.9 Å². The monoisotopic (exact) mass is 543 g/mol. The summed E-state index contributed by atoms with van der Waals surface area (Å²) in [5.41, 5.74) is 3.54. The third kappa shape index (κ3) is 7.77. The molecule has 0 saturated heterocycles. The van der Waals surface area contributed by atoms with Crippen LogP contribution in [0.4, 0.5) is 0 Å². The summed E-state index contributed by atoms with van der Waals surface area (Å²) in [4.78, 5) is 12.9. The van der Waals surface area contributed by atoms with Crippen molar-refractivity contribution in [3.8, 4) is 23.0 Å². The summed E-state index contributed by atoms with van der Waals surface area (Å²) in [5, 5.41) is 12.6. The fourth-order valence-corrected chi connectivity index (χ4v) is 4.20. The first-order valence-corrected chi connectivity index (χ1v) is 12.9. The average molecular weight is 544 g/mol. The summed E-state index contributed by atoms with van der Waals surface area (Å²) in [5.74, 6) is 1.25. The first-order chi connectivity index (χ1) is 20.3. The molecule has 40 heavy (non-hydrogen) atoms. The quantitative estimate of drug-likeness (QED) is 0.226. The highest BCUT2D eigenvalue weighted by molar-refractivity contribution is 5.79. The third-order valence-corrected chi connectivity index (χ3v) is 6.26. The maximum Gasteiger partial charge on any atom is 0.224 e. The van der Waals surface area contributed by atoms with Crippen molar-refractivity contribution in [3.05, 3.63) is 119 Å². The van der Waals surface area contributed by atoms with Gasteiger partial charge in [-0.2, -0.15) is 0 Å². The van der Waals surface area contributed by atoms with Gasteiger partial charge in [0.1, 0.15) is 13.2 Å². The van der Waals surface area contributed by atoms with Gasteiger partial charge in [-0.25, -0.2) is 0 Å². The van der Waals surface area contributed by atoms with Gasteiger partial charge >= 0.3 is 0 Å². The standard InChI is InChI=1S/C33H35NO6/c1-37-31-19-24(13-15-29(31)39-22-25-9-5-3-6-10-25)17-18-34-32(36)20-27-14-16-30(33(38-2)28(27)21-35)40-23-26-11-7-4-8-12-26/h3-16,19,35H,17-18,20-23H2,1-2H3,(H,34,36)/i18D2. The SMILES string of the molecule is [2H]C([2H])(Cc1ccc(OCc2ccccc2)c(OC)c1)NC(=O)Cc1ccc(OCc2ccccc2)c(OC)c1CO. The van der Waals surface area contributed by atoms with Crippen LogP contribution in [-0.4, -0.2) is 31.7 Å². The van der Waals surface area contributed by atoms with Crippen molar-refractivity contribution in [2.75, 3.05) is 20.7 Å². The number of ether oxygens (including phenoxy) is 4. The number of benzene rings is 4. The van der Waals surface area contributed by atoms with Gasteiger partial charge in [0.25, 0.3) is 0 Å². The summed E-state index contributed by atoms with van der Waals surface area (Å²) < 4.78 is 39.7. The van der Waals surface area contributed by atoms with Gasteiger partial charge in [-0.3, -0.25) is 4.79 Å². The van der Waals surface area contributed by atoms with E-state index in [1.807, 2.05) is 60.7 Å². The minimum Gasteiger partial charge on any atom is -0.493 e. The van der Waals surface area contributed by atoms with Crippen LogP contribution in [0.25, 0.3) is 0 Å². The van der Waals surface area contributed by atoms with E-state index in [2.05, 4.69) is 5.32 Å². The Hall–Kier alpha value is -4.49. The largest absolute Gasteiger partial charge is 0.493 e. The van der Waals surface area contributed by atoms with Gasteiger partial charge in [-0.1, -0.05) is 72.8 Å². The molecule has 4 aromatic carbocycles. The zero-order valence-corrected chi connectivity index (χ0v) is 22.7. The molecular weight excluding hydrogens is 506 g/mol. The van der Waals surface area contributed by atoms with Gasteiger partial charge in [-0.15, -0.1) is 0 Å². The van der Waals surface area contributed by atoms with Crippen LogP contribution in [0.15, 0.2) is 91.0 Å². The number of aliphatic hydroxyl groups excluding tert-OH is 1. The van der Waals surface area contributed by atoms with Crippen LogP contribution in [0.3, 0.4) is 0 Å². The molecule has 4 aromatic rings. The normalized spacial score (nSPS) is 11.7. The molecule has 0 unspecified atom stereocenters. The molecule has 0 radical (unpaired) electrons. The van der Waals surface area contributed by atoms with Crippen LogP contribution < -0.4 is 24.3 Å². The Kier molecular flexibility index (Phi) is 9.41.